The van der Waals surface area contributed by atoms with E-state index in [0.29, 0.717) is 17.7 Å². The lowest BCUT2D eigenvalue weighted by atomic mass is 9.87. The number of imide groups is 1. The fourth-order valence-electron chi connectivity index (χ4n) is 4.96. The van der Waals surface area contributed by atoms with Gasteiger partial charge in [-0.05, 0) is 48.8 Å². The van der Waals surface area contributed by atoms with E-state index in [1.807, 2.05) is 12.1 Å². The molecule has 152 valence electrons. The number of hydrogen-bond donors (Lipinski definition) is 0. The molecule has 0 spiro atoms. The van der Waals surface area contributed by atoms with Gasteiger partial charge in [0.15, 0.2) is 0 Å². The van der Waals surface area contributed by atoms with E-state index in [4.69, 9.17) is 0 Å². The Morgan fingerprint density at radius 2 is 1.36 bits per heavy atom. The fraction of sp³-hybridized carbons (Fsp3) is 0.619. The van der Waals surface area contributed by atoms with Gasteiger partial charge >= 0.3 is 0 Å². The maximum atomic E-state index is 13.3. The quantitative estimate of drug-likeness (QED) is 0.726. The summed E-state index contributed by atoms with van der Waals surface area (Å²) in [5.74, 6) is -0.216. The van der Waals surface area contributed by atoms with E-state index in [9.17, 15) is 18.0 Å². The summed E-state index contributed by atoms with van der Waals surface area (Å²) < 4.78 is 28.3. The van der Waals surface area contributed by atoms with Crippen molar-refractivity contribution in [3.63, 3.8) is 0 Å². The molecule has 3 heterocycles. The minimum atomic E-state index is -3.59. The average molecular weight is 405 g/mol. The topological polar surface area (TPSA) is 74.8 Å². The molecule has 4 rings (SSSR count). The molecule has 3 aliphatic rings. The number of hydrogen-bond acceptors (Lipinski definition) is 4. The molecular formula is C21H28N2O4S. The molecule has 6 nitrogen and oxygen atoms in total. The first-order chi connectivity index (χ1) is 13.1. The molecule has 1 aromatic rings. The Labute approximate surface area is 166 Å². The minimum Gasteiger partial charge on any atom is -0.279 e. The Bertz CT molecular complexity index is 871. The molecule has 1 aromatic carbocycles. The first-order valence-electron chi connectivity index (χ1n) is 10.1. The van der Waals surface area contributed by atoms with E-state index >= 15 is 0 Å². The molecule has 3 fully saturated rings. The molecule has 0 aromatic heterocycles. The van der Waals surface area contributed by atoms with Crippen molar-refractivity contribution < 1.29 is 18.0 Å². The summed E-state index contributed by atoms with van der Waals surface area (Å²) >= 11 is 0. The van der Waals surface area contributed by atoms with Crippen molar-refractivity contribution in [2.24, 2.45) is 0 Å². The molecule has 0 radical (unpaired) electrons. The van der Waals surface area contributed by atoms with Crippen LogP contribution in [0.3, 0.4) is 0 Å². The van der Waals surface area contributed by atoms with Gasteiger partial charge in [0.2, 0.25) is 21.8 Å². The lowest BCUT2D eigenvalue weighted by Crippen LogP contribution is -2.53. The molecule has 28 heavy (non-hydrogen) atoms. The molecule has 3 saturated heterocycles. The van der Waals surface area contributed by atoms with Crippen LogP contribution < -0.4 is 0 Å². The molecule has 7 heteroatoms. The Morgan fingerprint density at radius 3 is 1.82 bits per heavy atom. The molecule has 0 aliphatic carbocycles. The zero-order valence-corrected chi connectivity index (χ0v) is 17.5. The van der Waals surface area contributed by atoms with Crippen LogP contribution in [0.25, 0.3) is 0 Å². The van der Waals surface area contributed by atoms with Crippen LogP contribution in [0, 0.1) is 0 Å². The number of sulfonamides is 1. The normalized spacial score (nSPS) is 29.0. The van der Waals surface area contributed by atoms with Crippen molar-refractivity contribution in [3.05, 3.63) is 29.8 Å². The SMILES string of the molecule is CC(C)(C)c1ccc(S(=O)(=O)N2C3CCC2CC(N2C(=O)CCC2=O)C3)cc1. The van der Waals surface area contributed by atoms with Crippen molar-refractivity contribution in [1.82, 2.24) is 9.21 Å². The fourth-order valence-corrected chi connectivity index (χ4v) is 6.85. The van der Waals surface area contributed by atoms with Gasteiger partial charge in [-0.2, -0.15) is 4.31 Å². The van der Waals surface area contributed by atoms with Gasteiger partial charge in [-0.1, -0.05) is 32.9 Å². The van der Waals surface area contributed by atoms with E-state index in [1.54, 1.807) is 16.4 Å². The summed E-state index contributed by atoms with van der Waals surface area (Å²) in [4.78, 5) is 25.9. The highest BCUT2D eigenvalue weighted by Gasteiger charge is 2.50. The minimum absolute atomic E-state index is 0.0333. The van der Waals surface area contributed by atoms with Crippen LogP contribution in [0.15, 0.2) is 29.2 Å². The van der Waals surface area contributed by atoms with Crippen LogP contribution in [0.5, 0.6) is 0 Å². The van der Waals surface area contributed by atoms with E-state index in [2.05, 4.69) is 20.8 Å². The summed E-state index contributed by atoms with van der Waals surface area (Å²) in [7, 11) is -3.59. The van der Waals surface area contributed by atoms with Crippen LogP contribution in [0.4, 0.5) is 0 Å². The number of nitrogens with zero attached hydrogens (tertiary/aromatic N) is 2. The second-order valence-electron chi connectivity index (χ2n) is 9.28. The standard InChI is InChI=1S/C21H28N2O4S/c1-21(2,3)14-4-8-18(9-5-14)28(26,27)23-15-6-7-16(23)13-17(12-15)22-19(24)10-11-20(22)25/h4-5,8-9,15-17H,6-7,10-13H2,1-3H3. The maximum Gasteiger partial charge on any atom is 0.243 e. The summed E-state index contributed by atoms with van der Waals surface area (Å²) in [6.07, 6.45) is 3.24. The Balaban J connectivity index is 1.57. The summed E-state index contributed by atoms with van der Waals surface area (Å²) in [6.45, 7) is 6.30. The summed E-state index contributed by atoms with van der Waals surface area (Å²) in [5, 5.41) is 0. The van der Waals surface area contributed by atoms with E-state index in [-0.39, 0.29) is 48.2 Å². The lowest BCUT2D eigenvalue weighted by Gasteiger charge is -2.40. The largest absolute Gasteiger partial charge is 0.279 e. The van der Waals surface area contributed by atoms with Crippen molar-refractivity contribution >= 4 is 21.8 Å². The van der Waals surface area contributed by atoms with Crippen LogP contribution in [0.1, 0.15) is 64.9 Å². The van der Waals surface area contributed by atoms with Crippen LogP contribution in [0.2, 0.25) is 0 Å². The number of carbonyl (C=O) groups is 2. The molecule has 3 aliphatic heterocycles. The number of carbonyl (C=O) groups excluding carboxylic acids is 2. The van der Waals surface area contributed by atoms with Gasteiger partial charge in [-0.25, -0.2) is 8.42 Å². The maximum absolute atomic E-state index is 13.3. The van der Waals surface area contributed by atoms with Gasteiger partial charge in [0.1, 0.15) is 0 Å². The molecule has 2 atom stereocenters. The van der Waals surface area contributed by atoms with Crippen molar-refractivity contribution in [1.29, 1.82) is 0 Å². The Hall–Kier alpha value is -1.73. The van der Waals surface area contributed by atoms with Gasteiger partial charge in [0.25, 0.3) is 0 Å². The number of fused-ring (bicyclic) bond motifs is 2. The van der Waals surface area contributed by atoms with Crippen molar-refractivity contribution in [2.75, 3.05) is 0 Å². The molecule has 2 unspecified atom stereocenters. The second-order valence-corrected chi connectivity index (χ2v) is 11.1. The van der Waals surface area contributed by atoms with Gasteiger partial charge < -0.3 is 0 Å². The third-order valence-electron chi connectivity index (χ3n) is 6.39. The highest BCUT2D eigenvalue weighted by atomic mass is 32.2. The highest BCUT2D eigenvalue weighted by Crippen LogP contribution is 2.42. The van der Waals surface area contributed by atoms with Crippen LogP contribution in [-0.4, -0.2) is 47.6 Å². The highest BCUT2D eigenvalue weighted by molar-refractivity contribution is 7.89. The second kappa shape index (κ2) is 6.66. The smallest absolute Gasteiger partial charge is 0.243 e. The van der Waals surface area contributed by atoms with Crippen LogP contribution >= 0.6 is 0 Å². The first kappa shape index (κ1) is 19.6. The summed E-state index contributed by atoms with van der Waals surface area (Å²) in [6, 6.07) is 6.75. The molecular weight excluding hydrogens is 376 g/mol. The number of amides is 2. The molecule has 0 N–H and O–H groups in total. The first-order valence-corrected chi connectivity index (χ1v) is 11.5. The van der Waals surface area contributed by atoms with E-state index in [0.717, 1.165) is 18.4 Å². The van der Waals surface area contributed by atoms with Gasteiger partial charge in [-0.15, -0.1) is 0 Å². The van der Waals surface area contributed by atoms with Gasteiger partial charge in [-0.3, -0.25) is 14.5 Å². The lowest BCUT2D eigenvalue weighted by molar-refractivity contribution is -0.142. The Morgan fingerprint density at radius 1 is 0.857 bits per heavy atom. The number of piperidine rings is 1. The third kappa shape index (κ3) is 3.18. The van der Waals surface area contributed by atoms with Gasteiger partial charge in [0, 0.05) is 31.0 Å². The van der Waals surface area contributed by atoms with E-state index < -0.39 is 10.0 Å². The van der Waals surface area contributed by atoms with Crippen molar-refractivity contribution in [3.8, 4) is 0 Å². The zero-order valence-electron chi connectivity index (χ0n) is 16.7. The van der Waals surface area contributed by atoms with Gasteiger partial charge in [0.05, 0.1) is 4.90 Å². The van der Waals surface area contributed by atoms with Crippen LogP contribution in [-0.2, 0) is 25.0 Å². The monoisotopic (exact) mass is 404 g/mol. The molecule has 0 saturated carbocycles. The molecule has 2 bridgehead atoms. The number of benzene rings is 1. The predicted octanol–water partition coefficient (Wildman–Crippen LogP) is 2.82. The third-order valence-corrected chi connectivity index (χ3v) is 8.41. The number of rotatable bonds is 3. The van der Waals surface area contributed by atoms with Crippen molar-refractivity contribution in [2.45, 2.75) is 87.7 Å². The summed E-state index contributed by atoms with van der Waals surface area (Å²) in [5.41, 5.74) is 1.06. The predicted molar refractivity (Wildman–Crippen MR) is 105 cm³/mol. The zero-order chi connectivity index (χ0) is 20.3. The molecule has 2 amide bonds. The Kier molecular flexibility index (Phi) is 4.66. The average Bonchev–Trinajstić information content (AvgIpc) is 3.11. The number of likely N-dealkylation sites (tertiary alicyclic amines) is 1. The van der Waals surface area contributed by atoms with E-state index in [1.165, 1.54) is 4.90 Å².